The Balaban J connectivity index is 4.41. The lowest BCUT2D eigenvalue weighted by atomic mass is 9.67. The molecule has 0 aliphatic heterocycles. The van der Waals surface area contributed by atoms with Crippen LogP contribution in [0.2, 0.25) is 0 Å². The first-order valence-corrected chi connectivity index (χ1v) is 9.67. The highest BCUT2D eigenvalue weighted by atomic mass is 16.5. The predicted molar refractivity (Wildman–Crippen MR) is 108 cm³/mol. The van der Waals surface area contributed by atoms with Crippen LogP contribution in [0.4, 0.5) is 0 Å². The van der Waals surface area contributed by atoms with Crippen LogP contribution in [-0.2, 0) is 9.53 Å². The molecule has 2 N–H and O–H groups in total. The second-order valence-corrected chi connectivity index (χ2v) is 10.6. The van der Waals surface area contributed by atoms with Crippen molar-refractivity contribution in [3.8, 4) is 0 Å². The number of nitrogens with one attached hydrogen (secondary N) is 2. The number of carbonyl (C=O) groups is 1. The zero-order chi connectivity index (χ0) is 20.1. The topological polar surface area (TPSA) is 50.4 Å². The van der Waals surface area contributed by atoms with Crippen molar-refractivity contribution in [3.63, 3.8) is 0 Å². The summed E-state index contributed by atoms with van der Waals surface area (Å²) in [7, 11) is 0. The minimum Gasteiger partial charge on any atom is -0.374 e. The van der Waals surface area contributed by atoms with Crippen LogP contribution in [0.5, 0.6) is 0 Å². The third-order valence-electron chi connectivity index (χ3n) is 5.25. The molecule has 0 aliphatic rings. The average molecular weight is 357 g/mol. The molecule has 4 nitrogen and oxygen atoms in total. The molecule has 0 saturated carbocycles. The Bertz CT molecular complexity index is 418. The minimum absolute atomic E-state index is 0.0816. The third kappa shape index (κ3) is 10.2. The Morgan fingerprint density at radius 2 is 1.48 bits per heavy atom. The van der Waals surface area contributed by atoms with E-state index in [1.54, 1.807) is 0 Å². The molecule has 0 saturated heterocycles. The fraction of sp³-hybridized carbons (Fsp3) is 0.952. The first-order valence-electron chi connectivity index (χ1n) is 9.67. The van der Waals surface area contributed by atoms with Gasteiger partial charge in [0.2, 0.25) is 5.91 Å². The van der Waals surface area contributed by atoms with Crippen LogP contribution in [-0.4, -0.2) is 30.3 Å². The molecule has 0 radical (unpaired) electrons. The molecule has 150 valence electrons. The molecule has 0 aromatic rings. The molecular weight excluding hydrogens is 312 g/mol. The Morgan fingerprint density at radius 3 is 1.92 bits per heavy atom. The van der Waals surface area contributed by atoms with Crippen LogP contribution in [0.1, 0.15) is 89.0 Å². The van der Waals surface area contributed by atoms with E-state index in [-0.39, 0.29) is 22.3 Å². The van der Waals surface area contributed by atoms with Crippen LogP contribution >= 0.6 is 0 Å². The molecule has 0 aliphatic carbocycles. The van der Waals surface area contributed by atoms with Gasteiger partial charge in [0.05, 0.1) is 11.3 Å². The van der Waals surface area contributed by atoms with Crippen molar-refractivity contribution >= 4 is 5.91 Å². The van der Waals surface area contributed by atoms with E-state index in [0.717, 1.165) is 13.0 Å². The molecule has 0 fully saturated rings. The smallest absolute Gasteiger partial charge is 0.221 e. The average Bonchev–Trinajstić information content (AvgIpc) is 2.33. The van der Waals surface area contributed by atoms with Crippen LogP contribution in [0.3, 0.4) is 0 Å². The fourth-order valence-electron chi connectivity index (χ4n) is 2.26. The monoisotopic (exact) mass is 356 g/mol. The summed E-state index contributed by atoms with van der Waals surface area (Å²) < 4.78 is 6.15. The van der Waals surface area contributed by atoms with E-state index in [1.165, 1.54) is 0 Å². The Kier molecular flexibility index (Phi) is 8.64. The Morgan fingerprint density at radius 1 is 0.960 bits per heavy atom. The van der Waals surface area contributed by atoms with Crippen LogP contribution in [0.25, 0.3) is 0 Å². The van der Waals surface area contributed by atoms with E-state index in [0.29, 0.717) is 18.9 Å². The van der Waals surface area contributed by atoms with E-state index in [1.807, 2.05) is 13.8 Å². The van der Waals surface area contributed by atoms with Crippen LogP contribution in [0.15, 0.2) is 0 Å². The van der Waals surface area contributed by atoms with E-state index < -0.39 is 5.66 Å². The number of carbonyl (C=O) groups excluding carboxylic acids is 1. The number of ether oxygens (including phenoxy) is 1. The quantitative estimate of drug-likeness (QED) is 0.556. The number of hydrogen-bond acceptors (Lipinski definition) is 3. The summed E-state index contributed by atoms with van der Waals surface area (Å²) in [6, 6.07) is 0. The molecule has 25 heavy (non-hydrogen) atoms. The van der Waals surface area contributed by atoms with E-state index in [9.17, 15) is 4.79 Å². The maximum Gasteiger partial charge on any atom is 0.221 e. The minimum atomic E-state index is -0.447. The predicted octanol–water partition coefficient (Wildman–Crippen LogP) is 4.73. The van der Waals surface area contributed by atoms with Gasteiger partial charge in [0.1, 0.15) is 0 Å². The first kappa shape index (κ1) is 24.4. The molecule has 0 aromatic carbocycles. The maximum atomic E-state index is 12.0. The van der Waals surface area contributed by atoms with Gasteiger partial charge < -0.3 is 10.1 Å². The maximum absolute atomic E-state index is 12.0. The normalized spacial score (nSPS) is 14.1. The van der Waals surface area contributed by atoms with Crippen molar-refractivity contribution in [1.29, 1.82) is 0 Å². The fourth-order valence-corrected chi connectivity index (χ4v) is 2.26. The molecule has 0 rings (SSSR count). The molecule has 4 heteroatoms. The van der Waals surface area contributed by atoms with Crippen molar-refractivity contribution in [2.24, 2.45) is 16.7 Å². The number of hydrogen-bond donors (Lipinski definition) is 2. The first-order chi connectivity index (χ1) is 11.0. The standard InChI is InChI=1S/C21H44N2O2/c1-16(2)14-17(24)23-21(10,11)22-15-20(8,9)25-13-12-19(6,7)18(3,4)5/h16,22H,12-15H2,1-11H3,(H,23,24). The number of amides is 1. The van der Waals surface area contributed by atoms with Crippen molar-refractivity contribution in [1.82, 2.24) is 10.6 Å². The van der Waals surface area contributed by atoms with E-state index >= 15 is 0 Å². The summed E-state index contributed by atoms with van der Waals surface area (Å²) in [4.78, 5) is 12.0. The summed E-state index contributed by atoms with van der Waals surface area (Å²) in [6.07, 6.45) is 1.57. The second-order valence-electron chi connectivity index (χ2n) is 10.6. The van der Waals surface area contributed by atoms with Gasteiger partial charge in [0.15, 0.2) is 0 Å². The van der Waals surface area contributed by atoms with Crippen molar-refractivity contribution in [2.75, 3.05) is 13.2 Å². The highest BCUT2D eigenvalue weighted by Crippen LogP contribution is 2.40. The van der Waals surface area contributed by atoms with Gasteiger partial charge in [0.25, 0.3) is 0 Å². The largest absolute Gasteiger partial charge is 0.374 e. The molecule has 0 aromatic heterocycles. The molecule has 0 atom stereocenters. The third-order valence-corrected chi connectivity index (χ3v) is 5.25. The molecule has 0 bridgehead atoms. The van der Waals surface area contributed by atoms with Gasteiger partial charge in [-0.2, -0.15) is 0 Å². The zero-order valence-corrected chi connectivity index (χ0v) is 18.7. The van der Waals surface area contributed by atoms with E-state index in [2.05, 4.69) is 72.9 Å². The second kappa shape index (κ2) is 8.85. The van der Waals surface area contributed by atoms with Crippen molar-refractivity contribution < 1.29 is 9.53 Å². The summed E-state index contributed by atoms with van der Waals surface area (Å²) >= 11 is 0. The van der Waals surface area contributed by atoms with Gasteiger partial charge in [-0.05, 0) is 50.9 Å². The highest BCUT2D eigenvalue weighted by molar-refractivity contribution is 5.76. The van der Waals surface area contributed by atoms with Gasteiger partial charge in [-0.1, -0.05) is 48.5 Å². The summed E-state index contributed by atoms with van der Waals surface area (Å²) in [5, 5.41) is 6.48. The molecule has 0 unspecified atom stereocenters. The van der Waals surface area contributed by atoms with E-state index in [4.69, 9.17) is 4.74 Å². The Labute approximate surface area is 156 Å². The lowest BCUT2D eigenvalue weighted by molar-refractivity contribution is -0.124. The molecule has 0 heterocycles. The number of rotatable bonds is 10. The van der Waals surface area contributed by atoms with Gasteiger partial charge in [0, 0.05) is 19.6 Å². The SMILES string of the molecule is CC(C)CC(=O)NC(C)(C)NCC(C)(C)OCCC(C)(C)C(C)(C)C. The van der Waals surface area contributed by atoms with Crippen LogP contribution in [0, 0.1) is 16.7 Å². The lowest BCUT2D eigenvalue weighted by Crippen LogP contribution is -2.57. The van der Waals surface area contributed by atoms with Gasteiger partial charge in [-0.3, -0.25) is 10.1 Å². The van der Waals surface area contributed by atoms with Gasteiger partial charge in [-0.15, -0.1) is 0 Å². The summed E-state index contributed by atoms with van der Waals surface area (Å²) in [5.41, 5.74) is -0.257. The van der Waals surface area contributed by atoms with Crippen molar-refractivity contribution in [2.45, 2.75) is 100 Å². The van der Waals surface area contributed by atoms with Gasteiger partial charge in [-0.25, -0.2) is 0 Å². The Hall–Kier alpha value is -0.610. The zero-order valence-electron chi connectivity index (χ0n) is 18.7. The molecule has 1 amide bonds. The van der Waals surface area contributed by atoms with Gasteiger partial charge >= 0.3 is 0 Å². The summed E-state index contributed by atoms with van der Waals surface area (Å²) in [6.45, 7) is 25.1. The van der Waals surface area contributed by atoms with Crippen LogP contribution < -0.4 is 10.6 Å². The van der Waals surface area contributed by atoms with Crippen molar-refractivity contribution in [3.05, 3.63) is 0 Å². The summed E-state index contributed by atoms with van der Waals surface area (Å²) in [5.74, 6) is 0.444. The highest BCUT2D eigenvalue weighted by Gasteiger charge is 2.33. The lowest BCUT2D eigenvalue weighted by Gasteiger charge is -2.40. The molecular formula is C21H44N2O2. The molecule has 0 spiro atoms.